The van der Waals surface area contributed by atoms with E-state index in [4.69, 9.17) is 9.63 Å². The second-order valence-electron chi connectivity index (χ2n) is 4.27. The Morgan fingerprint density at radius 2 is 2.21 bits per heavy atom. The molecule has 96 valence electrons. The summed E-state index contributed by atoms with van der Waals surface area (Å²) in [6.45, 7) is 1.91. The number of benzene rings is 1. The van der Waals surface area contributed by atoms with Crippen LogP contribution in [0.3, 0.4) is 0 Å². The number of imidazole rings is 1. The van der Waals surface area contributed by atoms with Crippen molar-refractivity contribution in [3.8, 4) is 11.3 Å². The summed E-state index contributed by atoms with van der Waals surface area (Å²) in [5.74, 6) is 0.190. The Morgan fingerprint density at radius 3 is 2.89 bits per heavy atom. The predicted octanol–water partition coefficient (Wildman–Crippen LogP) is 2.23. The van der Waals surface area contributed by atoms with Crippen molar-refractivity contribution < 1.29 is 14.4 Å². The quantitative estimate of drug-likeness (QED) is 0.761. The van der Waals surface area contributed by atoms with Crippen LogP contribution in [0.15, 0.2) is 28.8 Å². The second-order valence-corrected chi connectivity index (χ2v) is 4.27. The molecule has 0 fully saturated rings. The first kappa shape index (κ1) is 11.5. The van der Waals surface area contributed by atoms with Crippen molar-refractivity contribution >= 4 is 17.0 Å². The van der Waals surface area contributed by atoms with Crippen LogP contribution >= 0.6 is 0 Å². The molecule has 6 nitrogen and oxygen atoms in total. The van der Waals surface area contributed by atoms with Gasteiger partial charge in [-0.3, -0.25) is 0 Å². The highest BCUT2D eigenvalue weighted by Crippen LogP contribution is 2.29. The number of nitrogens with zero attached hydrogens (tertiary/aromatic N) is 3. The Kier molecular flexibility index (Phi) is 2.38. The lowest BCUT2D eigenvalue weighted by atomic mass is 10.1. The predicted molar refractivity (Wildman–Crippen MR) is 67.9 cm³/mol. The van der Waals surface area contributed by atoms with Crippen LogP contribution in [0.5, 0.6) is 0 Å². The van der Waals surface area contributed by atoms with Gasteiger partial charge in [0, 0.05) is 18.7 Å². The molecule has 1 aromatic carbocycles. The zero-order valence-electron chi connectivity index (χ0n) is 10.4. The SMILES string of the molecule is Cc1nc2cccc(-c3cc(C(=O)O)no3)c2n1C. The van der Waals surface area contributed by atoms with Crippen LogP contribution in [-0.2, 0) is 7.05 Å². The van der Waals surface area contributed by atoms with Crippen LogP contribution in [-0.4, -0.2) is 25.8 Å². The zero-order chi connectivity index (χ0) is 13.6. The van der Waals surface area contributed by atoms with Gasteiger partial charge in [0.2, 0.25) is 0 Å². The van der Waals surface area contributed by atoms with Crippen LogP contribution in [0.1, 0.15) is 16.3 Å². The largest absolute Gasteiger partial charge is 0.476 e. The van der Waals surface area contributed by atoms with Crippen LogP contribution in [0.4, 0.5) is 0 Å². The summed E-state index contributed by atoms with van der Waals surface area (Å²) in [6.07, 6.45) is 0. The van der Waals surface area contributed by atoms with Crippen LogP contribution < -0.4 is 0 Å². The molecular formula is C13H11N3O3. The molecule has 3 aromatic rings. The standard InChI is InChI=1S/C13H11N3O3/c1-7-14-9-5-3-4-8(12(9)16(7)2)11-6-10(13(17)18)15-19-11/h3-6H,1-2H3,(H,17,18). The molecule has 0 radical (unpaired) electrons. The fourth-order valence-electron chi connectivity index (χ4n) is 2.09. The Labute approximate surface area is 108 Å². The van der Waals surface area contributed by atoms with Gasteiger partial charge in [0.15, 0.2) is 11.5 Å². The summed E-state index contributed by atoms with van der Waals surface area (Å²) in [5.41, 5.74) is 2.41. The molecule has 19 heavy (non-hydrogen) atoms. The third-order valence-corrected chi connectivity index (χ3v) is 3.11. The van der Waals surface area contributed by atoms with Gasteiger partial charge in [-0.1, -0.05) is 11.2 Å². The lowest BCUT2D eigenvalue weighted by Crippen LogP contribution is -1.94. The van der Waals surface area contributed by atoms with E-state index in [1.807, 2.05) is 36.7 Å². The normalized spacial score (nSPS) is 11.1. The van der Waals surface area contributed by atoms with Gasteiger partial charge >= 0.3 is 5.97 Å². The Balaban J connectivity index is 2.26. The maximum Gasteiger partial charge on any atom is 0.358 e. The molecule has 2 heterocycles. The summed E-state index contributed by atoms with van der Waals surface area (Å²) >= 11 is 0. The van der Waals surface area contributed by atoms with E-state index in [2.05, 4.69) is 10.1 Å². The van der Waals surface area contributed by atoms with Gasteiger partial charge in [-0.15, -0.1) is 0 Å². The molecule has 0 bridgehead atoms. The van der Waals surface area contributed by atoms with Crippen molar-refractivity contribution in [3.63, 3.8) is 0 Å². The van der Waals surface area contributed by atoms with E-state index in [0.29, 0.717) is 5.76 Å². The number of para-hydroxylation sites is 1. The molecule has 0 amide bonds. The number of aryl methyl sites for hydroxylation is 2. The number of carbonyl (C=O) groups is 1. The highest BCUT2D eigenvalue weighted by atomic mass is 16.5. The van der Waals surface area contributed by atoms with Crippen LogP contribution in [0.2, 0.25) is 0 Å². The number of fused-ring (bicyclic) bond motifs is 1. The minimum atomic E-state index is -1.11. The van der Waals surface area contributed by atoms with E-state index in [1.54, 1.807) is 0 Å². The number of carboxylic acids is 1. The van der Waals surface area contributed by atoms with Gasteiger partial charge < -0.3 is 14.2 Å². The van der Waals surface area contributed by atoms with Crippen molar-refractivity contribution in [2.75, 3.05) is 0 Å². The molecule has 0 atom stereocenters. The minimum absolute atomic E-state index is 0.106. The van der Waals surface area contributed by atoms with Crippen LogP contribution in [0, 0.1) is 6.92 Å². The summed E-state index contributed by atoms with van der Waals surface area (Å²) in [6, 6.07) is 7.03. The summed E-state index contributed by atoms with van der Waals surface area (Å²) in [4.78, 5) is 15.3. The summed E-state index contributed by atoms with van der Waals surface area (Å²) in [5, 5.41) is 12.4. The minimum Gasteiger partial charge on any atom is -0.476 e. The van der Waals surface area contributed by atoms with Gasteiger partial charge in [0.1, 0.15) is 5.82 Å². The summed E-state index contributed by atoms with van der Waals surface area (Å²) < 4.78 is 7.05. The molecular weight excluding hydrogens is 246 g/mol. The van der Waals surface area contributed by atoms with Gasteiger partial charge in [-0.25, -0.2) is 9.78 Å². The Bertz CT molecular complexity index is 786. The van der Waals surface area contributed by atoms with Crippen molar-refractivity contribution in [2.24, 2.45) is 7.05 Å². The van der Waals surface area contributed by atoms with E-state index in [1.165, 1.54) is 6.07 Å². The first-order chi connectivity index (χ1) is 9.08. The summed E-state index contributed by atoms with van der Waals surface area (Å²) in [7, 11) is 1.91. The van der Waals surface area contributed by atoms with Crippen molar-refractivity contribution in [1.29, 1.82) is 0 Å². The maximum absolute atomic E-state index is 10.8. The Hall–Kier alpha value is -2.63. The Morgan fingerprint density at radius 1 is 1.42 bits per heavy atom. The fourth-order valence-corrected chi connectivity index (χ4v) is 2.09. The number of hydrogen-bond donors (Lipinski definition) is 1. The first-order valence-corrected chi connectivity index (χ1v) is 5.70. The topological polar surface area (TPSA) is 81.2 Å². The number of rotatable bonds is 2. The highest BCUT2D eigenvalue weighted by molar-refractivity contribution is 5.93. The lowest BCUT2D eigenvalue weighted by molar-refractivity contribution is 0.0686. The average Bonchev–Trinajstić information content (AvgIpc) is 2.96. The maximum atomic E-state index is 10.8. The van der Waals surface area contributed by atoms with Gasteiger partial charge in [0.05, 0.1) is 11.0 Å². The molecule has 0 saturated carbocycles. The smallest absolute Gasteiger partial charge is 0.358 e. The van der Waals surface area contributed by atoms with E-state index < -0.39 is 5.97 Å². The number of hydrogen-bond acceptors (Lipinski definition) is 4. The van der Waals surface area contributed by atoms with Crippen molar-refractivity contribution in [3.05, 3.63) is 35.8 Å². The van der Waals surface area contributed by atoms with Gasteiger partial charge in [-0.05, 0) is 19.1 Å². The van der Waals surface area contributed by atoms with E-state index in [0.717, 1.165) is 22.4 Å². The number of aromatic nitrogens is 3. The first-order valence-electron chi connectivity index (χ1n) is 5.70. The molecule has 3 rings (SSSR count). The third-order valence-electron chi connectivity index (χ3n) is 3.11. The number of aromatic carboxylic acids is 1. The third kappa shape index (κ3) is 1.69. The van der Waals surface area contributed by atoms with Crippen molar-refractivity contribution in [2.45, 2.75) is 6.92 Å². The monoisotopic (exact) mass is 257 g/mol. The average molecular weight is 257 g/mol. The molecule has 0 aliphatic heterocycles. The van der Waals surface area contributed by atoms with Crippen LogP contribution in [0.25, 0.3) is 22.4 Å². The number of carboxylic acid groups (broad SMARTS) is 1. The van der Waals surface area contributed by atoms with Gasteiger partial charge in [0.25, 0.3) is 0 Å². The molecule has 0 aliphatic carbocycles. The molecule has 0 spiro atoms. The van der Waals surface area contributed by atoms with Gasteiger partial charge in [-0.2, -0.15) is 0 Å². The van der Waals surface area contributed by atoms with Crippen molar-refractivity contribution in [1.82, 2.24) is 14.7 Å². The highest BCUT2D eigenvalue weighted by Gasteiger charge is 2.16. The fraction of sp³-hybridized carbons (Fsp3) is 0.154. The zero-order valence-corrected chi connectivity index (χ0v) is 10.4. The molecule has 1 N–H and O–H groups in total. The molecule has 0 saturated heterocycles. The molecule has 6 heteroatoms. The molecule has 2 aromatic heterocycles. The molecule has 0 unspecified atom stereocenters. The van der Waals surface area contributed by atoms with E-state index in [9.17, 15) is 4.79 Å². The van der Waals surface area contributed by atoms with E-state index >= 15 is 0 Å². The lowest BCUT2D eigenvalue weighted by Gasteiger charge is -2.01. The molecule has 0 aliphatic rings. The van der Waals surface area contributed by atoms with E-state index in [-0.39, 0.29) is 5.69 Å². The second kappa shape index (κ2) is 3.94.